The van der Waals surface area contributed by atoms with Gasteiger partial charge in [0, 0.05) is 0 Å². The third kappa shape index (κ3) is 1.73. The van der Waals surface area contributed by atoms with Crippen molar-refractivity contribution in [1.82, 2.24) is 0 Å². The van der Waals surface area contributed by atoms with E-state index >= 15 is 0 Å². The smallest absolute Gasteiger partial charge is 0.0323 e. The van der Waals surface area contributed by atoms with Gasteiger partial charge in [0.1, 0.15) is 0 Å². The summed E-state index contributed by atoms with van der Waals surface area (Å²) in [5.74, 6) is 4.34. The largest absolute Gasteiger partial charge is 0.0651 e. The maximum Gasteiger partial charge on any atom is -0.0323 e. The fourth-order valence-corrected chi connectivity index (χ4v) is 3.53. The molecule has 2 rings (SSSR count). The zero-order chi connectivity index (χ0) is 10.3. The van der Waals surface area contributed by atoms with Crippen LogP contribution in [0.15, 0.2) is 0 Å². The Labute approximate surface area is 89.5 Å². The standard InChI is InChI=1S/C14H26/c1-5-10(3)12-7-13(12)11-8-14(4,6-2)9-11/h10-13H,5-9H2,1-4H3. The zero-order valence-electron chi connectivity index (χ0n) is 10.3. The summed E-state index contributed by atoms with van der Waals surface area (Å²) < 4.78 is 0. The van der Waals surface area contributed by atoms with Crippen LogP contribution in [-0.4, -0.2) is 0 Å². The molecule has 0 heterocycles. The summed E-state index contributed by atoms with van der Waals surface area (Å²) in [4.78, 5) is 0. The normalized spacial score (nSPS) is 48.4. The van der Waals surface area contributed by atoms with Crippen LogP contribution in [0.4, 0.5) is 0 Å². The first-order valence-corrected chi connectivity index (χ1v) is 6.59. The molecule has 2 aliphatic rings. The van der Waals surface area contributed by atoms with Gasteiger partial charge in [-0.25, -0.2) is 0 Å². The summed E-state index contributed by atoms with van der Waals surface area (Å²) in [7, 11) is 0. The summed E-state index contributed by atoms with van der Waals surface area (Å²) in [6.07, 6.45) is 7.39. The molecule has 2 fully saturated rings. The molecule has 3 atom stereocenters. The van der Waals surface area contributed by atoms with E-state index in [1.807, 2.05) is 0 Å². The topological polar surface area (TPSA) is 0 Å². The Hall–Kier alpha value is 0. The summed E-state index contributed by atoms with van der Waals surface area (Å²) >= 11 is 0. The lowest BCUT2D eigenvalue weighted by atomic mass is 9.60. The van der Waals surface area contributed by atoms with Gasteiger partial charge in [-0.15, -0.1) is 0 Å². The van der Waals surface area contributed by atoms with E-state index in [1.54, 1.807) is 6.42 Å². The minimum absolute atomic E-state index is 0.729. The molecule has 0 N–H and O–H groups in total. The molecular formula is C14H26. The van der Waals surface area contributed by atoms with Gasteiger partial charge in [-0.2, -0.15) is 0 Å². The van der Waals surface area contributed by atoms with Gasteiger partial charge in [0.15, 0.2) is 0 Å². The van der Waals surface area contributed by atoms with Crippen molar-refractivity contribution in [2.45, 2.75) is 59.8 Å². The van der Waals surface area contributed by atoms with E-state index in [9.17, 15) is 0 Å². The molecule has 82 valence electrons. The Morgan fingerprint density at radius 3 is 2.43 bits per heavy atom. The Balaban J connectivity index is 1.75. The van der Waals surface area contributed by atoms with Gasteiger partial charge in [0.05, 0.1) is 0 Å². The molecule has 0 heteroatoms. The van der Waals surface area contributed by atoms with Crippen molar-refractivity contribution in [2.24, 2.45) is 29.1 Å². The minimum atomic E-state index is 0.729. The first-order valence-electron chi connectivity index (χ1n) is 6.59. The third-order valence-corrected chi connectivity index (χ3v) is 5.24. The molecule has 14 heavy (non-hydrogen) atoms. The zero-order valence-corrected chi connectivity index (χ0v) is 10.3. The molecule has 0 aliphatic heterocycles. The minimum Gasteiger partial charge on any atom is -0.0651 e. The van der Waals surface area contributed by atoms with E-state index in [0.29, 0.717) is 0 Å². The molecule has 0 spiro atoms. The first kappa shape index (κ1) is 10.5. The predicted octanol–water partition coefficient (Wildman–Crippen LogP) is 4.49. The first-order chi connectivity index (χ1) is 6.59. The average Bonchev–Trinajstić information content (AvgIpc) is 2.91. The molecular weight excluding hydrogens is 168 g/mol. The van der Waals surface area contributed by atoms with E-state index in [2.05, 4.69) is 27.7 Å². The lowest BCUT2D eigenvalue weighted by molar-refractivity contribution is 0.0498. The highest BCUT2D eigenvalue weighted by Crippen LogP contribution is 2.61. The molecule has 0 saturated heterocycles. The van der Waals surface area contributed by atoms with E-state index < -0.39 is 0 Å². The third-order valence-electron chi connectivity index (χ3n) is 5.24. The summed E-state index contributed by atoms with van der Waals surface area (Å²) in [6.45, 7) is 9.62. The van der Waals surface area contributed by atoms with Crippen LogP contribution in [0.2, 0.25) is 0 Å². The molecule has 0 amide bonds. The average molecular weight is 194 g/mol. The highest BCUT2D eigenvalue weighted by Gasteiger charge is 2.52. The summed E-state index contributed by atoms with van der Waals surface area (Å²) in [6, 6.07) is 0. The second-order valence-corrected chi connectivity index (χ2v) is 6.28. The van der Waals surface area contributed by atoms with Crippen LogP contribution in [0.5, 0.6) is 0 Å². The molecule has 0 nitrogen and oxygen atoms in total. The predicted molar refractivity (Wildman–Crippen MR) is 62.2 cm³/mol. The van der Waals surface area contributed by atoms with Crippen LogP contribution in [0.3, 0.4) is 0 Å². The van der Waals surface area contributed by atoms with E-state index in [1.165, 1.54) is 25.7 Å². The Bertz CT molecular complexity index is 200. The molecule has 0 aromatic carbocycles. The second-order valence-electron chi connectivity index (χ2n) is 6.28. The summed E-state index contributed by atoms with van der Waals surface area (Å²) in [5, 5.41) is 0. The Kier molecular flexibility index (Phi) is 2.66. The van der Waals surface area contributed by atoms with Gasteiger partial charge in [0.2, 0.25) is 0 Å². The second kappa shape index (κ2) is 3.54. The fourth-order valence-electron chi connectivity index (χ4n) is 3.53. The van der Waals surface area contributed by atoms with Gasteiger partial charge in [-0.3, -0.25) is 0 Å². The van der Waals surface area contributed by atoms with Crippen molar-refractivity contribution in [3.8, 4) is 0 Å². The van der Waals surface area contributed by atoms with Gasteiger partial charge in [0.25, 0.3) is 0 Å². The van der Waals surface area contributed by atoms with E-state index in [0.717, 1.165) is 29.1 Å². The van der Waals surface area contributed by atoms with Crippen molar-refractivity contribution < 1.29 is 0 Å². The maximum atomic E-state index is 2.48. The number of rotatable bonds is 4. The van der Waals surface area contributed by atoms with Crippen LogP contribution >= 0.6 is 0 Å². The van der Waals surface area contributed by atoms with Gasteiger partial charge in [-0.1, -0.05) is 40.5 Å². The maximum absolute atomic E-state index is 2.48. The lowest BCUT2D eigenvalue weighted by Crippen LogP contribution is -2.35. The Morgan fingerprint density at radius 2 is 1.93 bits per heavy atom. The number of hydrogen-bond donors (Lipinski definition) is 0. The van der Waals surface area contributed by atoms with Crippen LogP contribution < -0.4 is 0 Å². The van der Waals surface area contributed by atoms with Crippen molar-refractivity contribution in [3.63, 3.8) is 0 Å². The molecule has 0 radical (unpaired) electrons. The quantitative estimate of drug-likeness (QED) is 0.618. The monoisotopic (exact) mass is 194 g/mol. The van der Waals surface area contributed by atoms with Crippen LogP contribution in [0.25, 0.3) is 0 Å². The van der Waals surface area contributed by atoms with Gasteiger partial charge in [-0.05, 0) is 48.3 Å². The van der Waals surface area contributed by atoms with E-state index in [-0.39, 0.29) is 0 Å². The van der Waals surface area contributed by atoms with Crippen molar-refractivity contribution in [2.75, 3.05) is 0 Å². The van der Waals surface area contributed by atoms with E-state index in [4.69, 9.17) is 0 Å². The van der Waals surface area contributed by atoms with Gasteiger partial charge >= 0.3 is 0 Å². The molecule has 2 saturated carbocycles. The Morgan fingerprint density at radius 1 is 1.29 bits per heavy atom. The SMILES string of the molecule is CCC(C)C1CC1C1CC(C)(CC)C1. The lowest BCUT2D eigenvalue weighted by Gasteiger charge is -2.46. The van der Waals surface area contributed by atoms with Crippen LogP contribution in [-0.2, 0) is 0 Å². The molecule has 0 aromatic heterocycles. The highest BCUT2D eigenvalue weighted by atomic mass is 14.6. The molecule has 0 bridgehead atoms. The molecule has 0 aromatic rings. The summed E-state index contributed by atoms with van der Waals surface area (Å²) in [5.41, 5.74) is 0.729. The number of hydrogen-bond acceptors (Lipinski definition) is 0. The van der Waals surface area contributed by atoms with Crippen molar-refractivity contribution in [1.29, 1.82) is 0 Å². The van der Waals surface area contributed by atoms with Crippen molar-refractivity contribution in [3.05, 3.63) is 0 Å². The van der Waals surface area contributed by atoms with Crippen LogP contribution in [0, 0.1) is 29.1 Å². The molecule has 3 unspecified atom stereocenters. The fraction of sp³-hybridized carbons (Fsp3) is 1.00. The van der Waals surface area contributed by atoms with Crippen molar-refractivity contribution >= 4 is 0 Å². The highest BCUT2D eigenvalue weighted by molar-refractivity contribution is 5.01. The molecule has 2 aliphatic carbocycles. The van der Waals surface area contributed by atoms with Gasteiger partial charge < -0.3 is 0 Å². The van der Waals surface area contributed by atoms with Crippen LogP contribution in [0.1, 0.15) is 59.8 Å².